The summed E-state index contributed by atoms with van der Waals surface area (Å²) in [5.41, 5.74) is 2.07. The number of rotatable bonds is 1. The predicted octanol–water partition coefficient (Wildman–Crippen LogP) is 0.541. The van der Waals surface area contributed by atoms with Crippen LogP contribution in [0.25, 0.3) is 11.0 Å². The standard InChI is InChI=1S/C11H13N3O/c15-11-6-12-5-10(11)14-7-13-8-3-1-2-4-9(8)14/h1-4,7,10-12,15H,5-6H2/t10?,11-/m1/s1. The Morgan fingerprint density at radius 3 is 3.00 bits per heavy atom. The minimum atomic E-state index is -0.317. The zero-order valence-corrected chi connectivity index (χ0v) is 8.30. The quantitative estimate of drug-likeness (QED) is 0.711. The maximum atomic E-state index is 9.81. The fourth-order valence-corrected chi connectivity index (χ4v) is 2.18. The molecule has 78 valence electrons. The summed E-state index contributed by atoms with van der Waals surface area (Å²) in [5, 5.41) is 13.0. The molecule has 0 spiro atoms. The molecule has 1 saturated heterocycles. The van der Waals surface area contributed by atoms with Crippen molar-refractivity contribution in [1.29, 1.82) is 0 Å². The Balaban J connectivity index is 2.10. The fourth-order valence-electron chi connectivity index (χ4n) is 2.18. The summed E-state index contributed by atoms with van der Waals surface area (Å²) >= 11 is 0. The number of nitrogens with zero attached hydrogens (tertiary/aromatic N) is 2. The number of aromatic nitrogens is 2. The second-order valence-corrected chi connectivity index (χ2v) is 3.93. The second kappa shape index (κ2) is 3.32. The van der Waals surface area contributed by atoms with Crippen LogP contribution >= 0.6 is 0 Å². The molecule has 1 unspecified atom stereocenters. The van der Waals surface area contributed by atoms with Crippen molar-refractivity contribution in [2.24, 2.45) is 0 Å². The maximum absolute atomic E-state index is 9.81. The van der Waals surface area contributed by atoms with E-state index in [-0.39, 0.29) is 12.1 Å². The summed E-state index contributed by atoms with van der Waals surface area (Å²) in [6.07, 6.45) is 1.49. The van der Waals surface area contributed by atoms with Crippen molar-refractivity contribution in [3.8, 4) is 0 Å². The number of hydrogen-bond donors (Lipinski definition) is 2. The summed E-state index contributed by atoms with van der Waals surface area (Å²) in [5.74, 6) is 0. The zero-order valence-electron chi connectivity index (χ0n) is 8.30. The largest absolute Gasteiger partial charge is 0.390 e. The van der Waals surface area contributed by atoms with E-state index < -0.39 is 0 Å². The van der Waals surface area contributed by atoms with Gasteiger partial charge in [-0.1, -0.05) is 12.1 Å². The first kappa shape index (κ1) is 8.88. The Labute approximate surface area is 87.5 Å². The van der Waals surface area contributed by atoms with Crippen LogP contribution in [0.15, 0.2) is 30.6 Å². The number of nitrogens with one attached hydrogen (secondary N) is 1. The molecule has 1 aliphatic rings. The van der Waals surface area contributed by atoms with Gasteiger partial charge in [0.15, 0.2) is 0 Å². The summed E-state index contributed by atoms with van der Waals surface area (Å²) in [6.45, 7) is 1.47. The third kappa shape index (κ3) is 1.33. The molecule has 1 aromatic heterocycles. The van der Waals surface area contributed by atoms with Gasteiger partial charge < -0.3 is 15.0 Å². The van der Waals surface area contributed by atoms with Crippen molar-refractivity contribution in [2.75, 3.05) is 13.1 Å². The van der Waals surface area contributed by atoms with Gasteiger partial charge in [0.1, 0.15) is 0 Å². The molecule has 1 aromatic carbocycles. The second-order valence-electron chi connectivity index (χ2n) is 3.93. The SMILES string of the molecule is O[C@@H]1CNCC1n1cnc2ccccc21. The first-order chi connectivity index (χ1) is 7.36. The molecule has 0 bridgehead atoms. The van der Waals surface area contributed by atoms with E-state index in [1.807, 2.05) is 30.6 Å². The summed E-state index contributed by atoms with van der Waals surface area (Å²) in [7, 11) is 0. The Morgan fingerprint density at radius 2 is 2.20 bits per heavy atom. The summed E-state index contributed by atoms with van der Waals surface area (Å²) < 4.78 is 2.06. The van der Waals surface area contributed by atoms with Crippen LogP contribution in [0.3, 0.4) is 0 Å². The van der Waals surface area contributed by atoms with Crippen LogP contribution < -0.4 is 5.32 Å². The van der Waals surface area contributed by atoms with Gasteiger partial charge in [0, 0.05) is 13.1 Å². The third-order valence-electron chi connectivity index (χ3n) is 2.99. The zero-order chi connectivity index (χ0) is 10.3. The molecular weight excluding hydrogens is 190 g/mol. The Morgan fingerprint density at radius 1 is 1.33 bits per heavy atom. The molecule has 2 heterocycles. The first-order valence-electron chi connectivity index (χ1n) is 5.16. The highest BCUT2D eigenvalue weighted by Gasteiger charge is 2.27. The number of fused-ring (bicyclic) bond motifs is 1. The van der Waals surface area contributed by atoms with E-state index in [4.69, 9.17) is 0 Å². The number of β-amino-alcohol motifs (C(OH)–C–C–N with tert-alkyl or cyclic N) is 1. The van der Waals surface area contributed by atoms with E-state index in [2.05, 4.69) is 14.9 Å². The van der Waals surface area contributed by atoms with Crippen molar-refractivity contribution in [3.05, 3.63) is 30.6 Å². The molecule has 2 N–H and O–H groups in total. The van der Waals surface area contributed by atoms with Crippen LogP contribution in [0, 0.1) is 0 Å². The summed E-state index contributed by atoms with van der Waals surface area (Å²) in [4.78, 5) is 4.32. The van der Waals surface area contributed by atoms with Crippen LogP contribution in [-0.2, 0) is 0 Å². The van der Waals surface area contributed by atoms with Gasteiger partial charge in [-0.05, 0) is 12.1 Å². The molecule has 3 rings (SSSR count). The molecular formula is C11H13N3O. The highest BCUT2D eigenvalue weighted by molar-refractivity contribution is 5.75. The monoisotopic (exact) mass is 203 g/mol. The van der Waals surface area contributed by atoms with E-state index in [1.54, 1.807) is 0 Å². The van der Waals surface area contributed by atoms with Gasteiger partial charge in [-0.25, -0.2) is 4.98 Å². The molecule has 2 aromatic rings. The number of para-hydroxylation sites is 2. The number of benzene rings is 1. The van der Waals surface area contributed by atoms with Crippen molar-refractivity contribution in [3.63, 3.8) is 0 Å². The van der Waals surface area contributed by atoms with E-state index in [1.165, 1.54) is 0 Å². The van der Waals surface area contributed by atoms with Crippen LogP contribution in [-0.4, -0.2) is 33.9 Å². The number of imidazole rings is 1. The smallest absolute Gasteiger partial charge is 0.0962 e. The molecule has 1 fully saturated rings. The van der Waals surface area contributed by atoms with Gasteiger partial charge >= 0.3 is 0 Å². The van der Waals surface area contributed by atoms with Crippen molar-refractivity contribution in [1.82, 2.24) is 14.9 Å². The number of hydrogen-bond acceptors (Lipinski definition) is 3. The fraction of sp³-hybridized carbons (Fsp3) is 0.364. The Hall–Kier alpha value is -1.39. The predicted molar refractivity (Wildman–Crippen MR) is 57.6 cm³/mol. The molecule has 4 nitrogen and oxygen atoms in total. The molecule has 4 heteroatoms. The molecule has 0 radical (unpaired) electrons. The van der Waals surface area contributed by atoms with Crippen LogP contribution in [0.2, 0.25) is 0 Å². The van der Waals surface area contributed by atoms with Crippen LogP contribution in [0.4, 0.5) is 0 Å². The highest BCUT2D eigenvalue weighted by Crippen LogP contribution is 2.21. The van der Waals surface area contributed by atoms with Gasteiger partial charge in [-0.15, -0.1) is 0 Å². The van der Waals surface area contributed by atoms with E-state index in [9.17, 15) is 5.11 Å². The minimum Gasteiger partial charge on any atom is -0.390 e. The Kier molecular flexibility index (Phi) is 1.97. The molecule has 2 atom stereocenters. The van der Waals surface area contributed by atoms with Crippen LogP contribution in [0.1, 0.15) is 6.04 Å². The van der Waals surface area contributed by atoms with Gasteiger partial charge in [-0.2, -0.15) is 0 Å². The summed E-state index contributed by atoms with van der Waals surface area (Å²) in [6, 6.07) is 8.10. The van der Waals surface area contributed by atoms with E-state index >= 15 is 0 Å². The van der Waals surface area contributed by atoms with Crippen molar-refractivity contribution in [2.45, 2.75) is 12.1 Å². The first-order valence-corrected chi connectivity index (χ1v) is 5.16. The third-order valence-corrected chi connectivity index (χ3v) is 2.99. The normalized spacial score (nSPS) is 26.2. The van der Waals surface area contributed by atoms with E-state index in [0.717, 1.165) is 17.6 Å². The van der Waals surface area contributed by atoms with Crippen molar-refractivity contribution >= 4 is 11.0 Å². The Bertz CT molecular complexity index is 479. The number of aliphatic hydroxyl groups is 1. The van der Waals surface area contributed by atoms with Crippen LogP contribution in [0.5, 0.6) is 0 Å². The van der Waals surface area contributed by atoms with Gasteiger partial charge in [0.2, 0.25) is 0 Å². The molecule has 0 amide bonds. The molecule has 0 aliphatic carbocycles. The molecule has 1 aliphatic heterocycles. The van der Waals surface area contributed by atoms with Gasteiger partial charge in [-0.3, -0.25) is 0 Å². The maximum Gasteiger partial charge on any atom is 0.0962 e. The molecule has 15 heavy (non-hydrogen) atoms. The lowest BCUT2D eigenvalue weighted by atomic mass is 10.2. The van der Waals surface area contributed by atoms with Gasteiger partial charge in [0.25, 0.3) is 0 Å². The lowest BCUT2D eigenvalue weighted by Gasteiger charge is -2.15. The average Bonchev–Trinajstić information content (AvgIpc) is 2.83. The number of aliphatic hydroxyl groups excluding tert-OH is 1. The van der Waals surface area contributed by atoms with Gasteiger partial charge in [0.05, 0.1) is 29.5 Å². The lowest BCUT2D eigenvalue weighted by Crippen LogP contribution is -2.21. The average molecular weight is 203 g/mol. The van der Waals surface area contributed by atoms with E-state index in [0.29, 0.717) is 6.54 Å². The lowest BCUT2D eigenvalue weighted by molar-refractivity contribution is 0.153. The molecule has 0 saturated carbocycles. The highest BCUT2D eigenvalue weighted by atomic mass is 16.3. The van der Waals surface area contributed by atoms with Crippen molar-refractivity contribution < 1.29 is 5.11 Å². The minimum absolute atomic E-state index is 0.109. The topological polar surface area (TPSA) is 50.1 Å².